The van der Waals surface area contributed by atoms with Gasteiger partial charge in [0.05, 0.1) is 0 Å². The predicted molar refractivity (Wildman–Crippen MR) is 256 cm³/mol. The van der Waals surface area contributed by atoms with Crippen LogP contribution in [0.2, 0.25) is 0 Å². The number of allylic oxidation sites excluding steroid dienone is 6. The van der Waals surface area contributed by atoms with Gasteiger partial charge in [-0.3, -0.25) is 14.4 Å². The van der Waals surface area contributed by atoms with E-state index in [9.17, 15) is 14.4 Å². The molecule has 0 rings (SSSR count). The normalized spacial score (nSPS) is 12.2. The van der Waals surface area contributed by atoms with Crippen LogP contribution in [0.5, 0.6) is 0 Å². The van der Waals surface area contributed by atoms with Gasteiger partial charge in [-0.25, -0.2) is 0 Å². The molecule has 0 aromatic carbocycles. The monoisotopic (exact) mass is 843 g/mol. The summed E-state index contributed by atoms with van der Waals surface area (Å²) in [5.41, 5.74) is 0. The van der Waals surface area contributed by atoms with Crippen LogP contribution in [-0.2, 0) is 28.6 Å². The topological polar surface area (TPSA) is 78.9 Å². The Hall–Kier alpha value is -2.37. The highest BCUT2D eigenvalue weighted by Gasteiger charge is 2.19. The lowest BCUT2D eigenvalue weighted by molar-refractivity contribution is -0.167. The molecule has 0 aromatic heterocycles. The third-order valence-corrected chi connectivity index (χ3v) is 11.4. The second kappa shape index (κ2) is 49.3. The fourth-order valence-electron chi connectivity index (χ4n) is 7.41. The Bertz CT molecular complexity index is 1020. The van der Waals surface area contributed by atoms with Gasteiger partial charge in [0, 0.05) is 19.3 Å². The summed E-state index contributed by atoms with van der Waals surface area (Å²) < 4.78 is 16.8. The average molecular weight is 843 g/mol. The van der Waals surface area contributed by atoms with Crippen LogP contribution in [-0.4, -0.2) is 37.2 Å². The first-order valence-corrected chi connectivity index (χ1v) is 26.0. The van der Waals surface area contributed by atoms with Gasteiger partial charge in [0.1, 0.15) is 13.2 Å². The van der Waals surface area contributed by atoms with E-state index < -0.39 is 6.10 Å². The van der Waals surface area contributed by atoms with Gasteiger partial charge in [-0.05, 0) is 77.0 Å². The van der Waals surface area contributed by atoms with E-state index >= 15 is 0 Å². The molecule has 0 unspecified atom stereocenters. The molecule has 0 aliphatic rings. The minimum Gasteiger partial charge on any atom is -0.462 e. The lowest BCUT2D eigenvalue weighted by Crippen LogP contribution is -2.30. The maximum atomic E-state index is 12.8. The van der Waals surface area contributed by atoms with E-state index in [1.807, 2.05) is 0 Å². The number of carbonyl (C=O) groups excluding carboxylic acids is 3. The average Bonchev–Trinajstić information content (AvgIpc) is 3.24. The molecule has 350 valence electrons. The van der Waals surface area contributed by atoms with Crippen molar-refractivity contribution in [3.8, 4) is 0 Å². The van der Waals surface area contributed by atoms with Crippen LogP contribution in [0.1, 0.15) is 271 Å². The van der Waals surface area contributed by atoms with Gasteiger partial charge in [0.2, 0.25) is 0 Å². The summed E-state index contributed by atoms with van der Waals surface area (Å²) in [4.78, 5) is 37.9. The van der Waals surface area contributed by atoms with Gasteiger partial charge < -0.3 is 14.2 Å². The molecule has 0 radical (unpaired) electrons. The molecule has 0 saturated heterocycles. The number of hydrogen-bond donors (Lipinski definition) is 0. The van der Waals surface area contributed by atoms with Crippen molar-refractivity contribution in [1.29, 1.82) is 0 Å². The van der Waals surface area contributed by atoms with E-state index in [1.165, 1.54) is 141 Å². The molecular weight excluding hydrogens is 745 g/mol. The fourth-order valence-corrected chi connectivity index (χ4v) is 7.41. The standard InChI is InChI=1S/C54H98O6/c1-4-7-10-13-16-19-22-24-26-28-29-32-35-38-41-44-47-53(56)59-50-51(49-58-52(55)46-43-40-37-34-31-21-18-15-12-9-6-3)60-54(57)48-45-42-39-36-33-30-27-25-23-20-17-14-11-8-5-2/h17,20,25-28,51H,4-16,18-19,21-24,29-50H2,1-3H3/b20-17-,27-25-,28-26-/t51-/m1/s1. The zero-order chi connectivity index (χ0) is 43.7. The third kappa shape index (κ3) is 46.7. The molecule has 6 nitrogen and oxygen atoms in total. The van der Waals surface area contributed by atoms with Gasteiger partial charge in [0.15, 0.2) is 6.10 Å². The summed E-state index contributed by atoms with van der Waals surface area (Å²) in [6, 6.07) is 0. The van der Waals surface area contributed by atoms with Crippen LogP contribution in [0.3, 0.4) is 0 Å². The molecular formula is C54H98O6. The van der Waals surface area contributed by atoms with E-state index in [2.05, 4.69) is 57.2 Å². The fraction of sp³-hybridized carbons (Fsp3) is 0.833. The minimum atomic E-state index is -0.778. The van der Waals surface area contributed by atoms with Gasteiger partial charge >= 0.3 is 17.9 Å². The minimum absolute atomic E-state index is 0.0778. The van der Waals surface area contributed by atoms with Gasteiger partial charge in [0.25, 0.3) is 0 Å². The summed E-state index contributed by atoms with van der Waals surface area (Å²) >= 11 is 0. The number of unbranched alkanes of at least 4 members (excludes halogenated alkanes) is 30. The highest BCUT2D eigenvalue weighted by molar-refractivity contribution is 5.71. The SMILES string of the molecule is CCCCC/C=C\C/C=C\CCCCCCCC(=O)O[C@@H](COC(=O)CCCCCCC/C=C\CCCCCCCCC)COC(=O)CCCCCCCCCCCCC. The highest BCUT2D eigenvalue weighted by Crippen LogP contribution is 2.15. The Kier molecular flexibility index (Phi) is 47.3. The summed E-state index contributed by atoms with van der Waals surface area (Å²) in [5.74, 6) is -0.892. The first kappa shape index (κ1) is 57.6. The Labute approximate surface area is 372 Å². The van der Waals surface area contributed by atoms with Crippen molar-refractivity contribution < 1.29 is 28.6 Å². The summed E-state index contributed by atoms with van der Waals surface area (Å²) in [5, 5.41) is 0. The van der Waals surface area contributed by atoms with Crippen molar-refractivity contribution in [3.63, 3.8) is 0 Å². The second-order valence-electron chi connectivity index (χ2n) is 17.4. The van der Waals surface area contributed by atoms with Crippen molar-refractivity contribution in [3.05, 3.63) is 36.5 Å². The van der Waals surface area contributed by atoms with Crippen molar-refractivity contribution in [2.24, 2.45) is 0 Å². The first-order chi connectivity index (χ1) is 29.5. The maximum absolute atomic E-state index is 12.8. The van der Waals surface area contributed by atoms with Crippen molar-refractivity contribution in [1.82, 2.24) is 0 Å². The molecule has 0 N–H and O–H groups in total. The molecule has 0 aliphatic heterocycles. The number of hydrogen-bond acceptors (Lipinski definition) is 6. The molecule has 0 amide bonds. The second-order valence-corrected chi connectivity index (χ2v) is 17.4. The summed E-state index contributed by atoms with van der Waals surface area (Å²) in [7, 11) is 0. The van der Waals surface area contributed by atoms with Crippen LogP contribution in [0.25, 0.3) is 0 Å². The van der Waals surface area contributed by atoms with Crippen LogP contribution >= 0.6 is 0 Å². The van der Waals surface area contributed by atoms with Crippen molar-refractivity contribution in [2.75, 3.05) is 13.2 Å². The summed E-state index contributed by atoms with van der Waals surface area (Å²) in [6.45, 7) is 6.60. The molecule has 0 heterocycles. The van der Waals surface area contributed by atoms with Crippen LogP contribution < -0.4 is 0 Å². The van der Waals surface area contributed by atoms with Crippen LogP contribution in [0.4, 0.5) is 0 Å². The molecule has 0 saturated carbocycles. The van der Waals surface area contributed by atoms with E-state index in [1.54, 1.807) is 0 Å². The largest absolute Gasteiger partial charge is 0.462 e. The van der Waals surface area contributed by atoms with Gasteiger partial charge in [-0.2, -0.15) is 0 Å². The van der Waals surface area contributed by atoms with E-state index in [0.717, 1.165) is 89.9 Å². The van der Waals surface area contributed by atoms with E-state index in [4.69, 9.17) is 14.2 Å². The number of rotatable bonds is 47. The van der Waals surface area contributed by atoms with Crippen LogP contribution in [0, 0.1) is 0 Å². The molecule has 0 fully saturated rings. The van der Waals surface area contributed by atoms with Gasteiger partial charge in [-0.1, -0.05) is 211 Å². The lowest BCUT2D eigenvalue weighted by Gasteiger charge is -2.18. The van der Waals surface area contributed by atoms with Crippen LogP contribution in [0.15, 0.2) is 36.5 Å². The zero-order valence-electron chi connectivity index (χ0n) is 40.0. The van der Waals surface area contributed by atoms with E-state index in [-0.39, 0.29) is 31.1 Å². The number of ether oxygens (including phenoxy) is 3. The first-order valence-electron chi connectivity index (χ1n) is 26.0. The molecule has 0 aromatic rings. The maximum Gasteiger partial charge on any atom is 0.306 e. The summed E-state index contributed by atoms with van der Waals surface area (Å²) in [6.07, 6.45) is 56.9. The third-order valence-electron chi connectivity index (χ3n) is 11.4. The molecule has 0 spiro atoms. The molecule has 60 heavy (non-hydrogen) atoms. The highest BCUT2D eigenvalue weighted by atomic mass is 16.6. The molecule has 0 bridgehead atoms. The van der Waals surface area contributed by atoms with E-state index in [0.29, 0.717) is 19.3 Å². The van der Waals surface area contributed by atoms with Crippen molar-refractivity contribution in [2.45, 2.75) is 277 Å². The van der Waals surface area contributed by atoms with Gasteiger partial charge in [-0.15, -0.1) is 0 Å². The predicted octanol–water partition coefficient (Wildman–Crippen LogP) is 16.9. The molecule has 0 aliphatic carbocycles. The Morgan fingerprint density at radius 3 is 0.967 bits per heavy atom. The number of carbonyl (C=O) groups is 3. The smallest absolute Gasteiger partial charge is 0.306 e. The quantitative estimate of drug-likeness (QED) is 0.0263. The lowest BCUT2D eigenvalue weighted by atomic mass is 10.1. The Morgan fingerprint density at radius 2 is 0.600 bits per heavy atom. The molecule has 1 atom stereocenters. The van der Waals surface area contributed by atoms with Crippen molar-refractivity contribution >= 4 is 17.9 Å². The Morgan fingerprint density at radius 1 is 0.333 bits per heavy atom. The number of esters is 3. The zero-order valence-corrected chi connectivity index (χ0v) is 40.0. The molecule has 6 heteroatoms. The Balaban J connectivity index is 4.37.